The van der Waals surface area contributed by atoms with Crippen molar-refractivity contribution in [2.75, 3.05) is 7.11 Å². The summed E-state index contributed by atoms with van der Waals surface area (Å²) in [5.41, 5.74) is 6.51. The minimum atomic E-state index is -4.41. The van der Waals surface area contributed by atoms with Gasteiger partial charge in [-0.15, -0.1) is 0 Å². The number of carbonyl (C=O) groups excluding carboxylic acids is 1. The number of nitrogens with two attached hydrogens (primary N) is 1. The van der Waals surface area contributed by atoms with E-state index in [4.69, 9.17) is 10.2 Å². The third kappa shape index (κ3) is 4.62. The van der Waals surface area contributed by atoms with Crippen LogP contribution in [0.1, 0.15) is 44.7 Å². The van der Waals surface area contributed by atoms with E-state index in [-0.39, 0.29) is 11.5 Å². The second-order valence-electron chi connectivity index (χ2n) is 5.82. The van der Waals surface area contributed by atoms with Crippen LogP contribution < -0.4 is 5.73 Å². The van der Waals surface area contributed by atoms with Crippen molar-refractivity contribution in [3.8, 4) is 11.8 Å². The first-order chi connectivity index (χ1) is 13.8. The van der Waals surface area contributed by atoms with E-state index in [1.807, 2.05) is 0 Å². The quantitative estimate of drug-likeness (QED) is 0.535. The molecule has 3 aromatic rings. The van der Waals surface area contributed by atoms with E-state index in [0.29, 0.717) is 16.8 Å². The number of ether oxygens (including phenoxy) is 1. The molecule has 3 rings (SSSR count). The molecule has 0 amide bonds. The molecule has 148 valence electrons. The number of methoxy groups -OCH3 is 1. The van der Waals surface area contributed by atoms with E-state index in [1.165, 1.54) is 43.9 Å². The summed E-state index contributed by atoms with van der Waals surface area (Å²) in [6.07, 6.45) is -1.70. The van der Waals surface area contributed by atoms with E-state index in [0.717, 1.165) is 12.1 Å². The smallest absolute Gasteiger partial charge is 0.416 e. The summed E-state index contributed by atoms with van der Waals surface area (Å²) in [6, 6.07) is 6.56. The van der Waals surface area contributed by atoms with Crippen LogP contribution in [-0.4, -0.2) is 23.0 Å². The molecule has 0 aliphatic rings. The fraction of sp³-hybridized carbons (Fsp3) is 0.150. The second kappa shape index (κ2) is 8.16. The van der Waals surface area contributed by atoms with Crippen LogP contribution in [0.3, 0.4) is 0 Å². The van der Waals surface area contributed by atoms with Crippen LogP contribution in [0.25, 0.3) is 0 Å². The number of rotatable bonds is 3. The highest BCUT2D eigenvalue weighted by Crippen LogP contribution is 2.29. The fourth-order valence-electron chi connectivity index (χ4n) is 2.43. The lowest BCUT2D eigenvalue weighted by atomic mass is 10.1. The summed E-state index contributed by atoms with van der Waals surface area (Å²) in [5.74, 6) is 5.18. The molecule has 2 heterocycles. The summed E-state index contributed by atoms with van der Waals surface area (Å²) >= 11 is 0. The van der Waals surface area contributed by atoms with Crippen LogP contribution >= 0.6 is 0 Å². The van der Waals surface area contributed by atoms with Gasteiger partial charge in [0.25, 0.3) is 0 Å². The summed E-state index contributed by atoms with van der Waals surface area (Å²) < 4.78 is 47.9. The van der Waals surface area contributed by atoms with Crippen LogP contribution in [0.15, 0.2) is 53.3 Å². The Bertz CT molecular complexity index is 1080. The summed E-state index contributed by atoms with van der Waals surface area (Å²) in [5, 5.41) is 0. The highest BCUT2D eigenvalue weighted by atomic mass is 19.4. The monoisotopic (exact) mass is 401 g/mol. The van der Waals surface area contributed by atoms with E-state index >= 15 is 0 Å². The molecule has 2 aromatic heterocycles. The van der Waals surface area contributed by atoms with Crippen LogP contribution in [0.4, 0.5) is 13.2 Å². The number of nitrogens with zero attached hydrogens (tertiary/aromatic N) is 2. The highest BCUT2D eigenvalue weighted by Gasteiger charge is 2.29. The molecule has 0 spiro atoms. The van der Waals surface area contributed by atoms with Gasteiger partial charge in [-0.3, -0.25) is 0 Å². The predicted molar refractivity (Wildman–Crippen MR) is 95.5 cm³/mol. The van der Waals surface area contributed by atoms with Crippen LogP contribution in [0.5, 0.6) is 0 Å². The molecule has 9 heteroatoms. The molecule has 0 fully saturated rings. The maximum atomic E-state index is 12.6. The Morgan fingerprint density at radius 1 is 1.17 bits per heavy atom. The number of hydrogen-bond donors (Lipinski definition) is 1. The van der Waals surface area contributed by atoms with Gasteiger partial charge >= 0.3 is 12.1 Å². The summed E-state index contributed by atoms with van der Waals surface area (Å²) in [7, 11) is 1.23. The minimum absolute atomic E-state index is 0.00982. The topological polar surface area (TPSA) is 91.2 Å². The van der Waals surface area contributed by atoms with Crippen molar-refractivity contribution in [1.29, 1.82) is 0 Å². The Morgan fingerprint density at radius 2 is 1.90 bits per heavy atom. The van der Waals surface area contributed by atoms with Gasteiger partial charge < -0.3 is 14.9 Å². The zero-order valence-corrected chi connectivity index (χ0v) is 15.0. The van der Waals surface area contributed by atoms with E-state index in [9.17, 15) is 18.0 Å². The van der Waals surface area contributed by atoms with Gasteiger partial charge in [0.05, 0.1) is 23.9 Å². The average molecular weight is 401 g/mol. The first-order valence-corrected chi connectivity index (χ1v) is 8.22. The molecular weight excluding hydrogens is 387 g/mol. The Labute approximate surface area is 163 Å². The van der Waals surface area contributed by atoms with Crippen molar-refractivity contribution >= 4 is 5.97 Å². The Balaban J connectivity index is 1.87. The molecule has 6 nitrogen and oxygen atoms in total. The van der Waals surface area contributed by atoms with Gasteiger partial charge in [-0.2, -0.15) is 13.2 Å². The minimum Gasteiger partial charge on any atom is -0.463 e. The molecule has 2 N–H and O–H groups in total. The fourth-order valence-corrected chi connectivity index (χ4v) is 2.43. The summed E-state index contributed by atoms with van der Waals surface area (Å²) in [6.45, 7) is 0. The van der Waals surface area contributed by atoms with E-state index < -0.39 is 23.8 Å². The van der Waals surface area contributed by atoms with E-state index in [2.05, 4.69) is 26.5 Å². The van der Waals surface area contributed by atoms with Crippen molar-refractivity contribution in [3.63, 3.8) is 0 Å². The lowest BCUT2D eigenvalue weighted by Crippen LogP contribution is -2.15. The third-order valence-electron chi connectivity index (χ3n) is 3.91. The van der Waals surface area contributed by atoms with Gasteiger partial charge in [0, 0.05) is 11.8 Å². The number of esters is 1. The molecule has 1 atom stereocenters. The van der Waals surface area contributed by atoms with Crippen molar-refractivity contribution in [1.82, 2.24) is 9.97 Å². The van der Waals surface area contributed by atoms with Crippen LogP contribution in [0.2, 0.25) is 0 Å². The normalized spacial score (nSPS) is 12.0. The van der Waals surface area contributed by atoms with Gasteiger partial charge in [-0.25, -0.2) is 14.8 Å². The highest BCUT2D eigenvalue weighted by molar-refractivity contribution is 5.86. The number of carbonyl (C=O) groups is 1. The number of halogens is 3. The predicted octanol–water partition coefficient (Wildman–Crippen LogP) is 3.32. The third-order valence-corrected chi connectivity index (χ3v) is 3.91. The standard InChI is InChI=1S/C20H14F3N3O3/c1-28-19(27)16-9-8-15(29-16)17(24)18-13(10-25-11-26-18)5-2-12-3-6-14(7-4-12)20(21,22)23/h3-4,6-11,17H,24H2,1H3. The first-order valence-electron chi connectivity index (χ1n) is 8.22. The Morgan fingerprint density at radius 3 is 2.55 bits per heavy atom. The number of alkyl halides is 3. The Kier molecular flexibility index (Phi) is 5.66. The zero-order valence-electron chi connectivity index (χ0n) is 15.0. The lowest BCUT2D eigenvalue weighted by molar-refractivity contribution is -0.137. The molecule has 1 aromatic carbocycles. The van der Waals surface area contributed by atoms with Crippen molar-refractivity contribution in [2.24, 2.45) is 5.73 Å². The SMILES string of the molecule is COC(=O)c1ccc(C(N)c2ncncc2C#Cc2ccc(C(F)(F)F)cc2)o1. The number of aromatic nitrogens is 2. The molecule has 0 bridgehead atoms. The molecule has 0 saturated heterocycles. The van der Waals surface area contributed by atoms with Crippen molar-refractivity contribution < 1.29 is 27.1 Å². The zero-order chi connectivity index (χ0) is 21.0. The van der Waals surface area contributed by atoms with Crippen molar-refractivity contribution in [3.05, 3.63) is 82.8 Å². The van der Waals surface area contributed by atoms with E-state index in [1.54, 1.807) is 0 Å². The second-order valence-corrected chi connectivity index (χ2v) is 5.82. The molecule has 1 unspecified atom stereocenters. The Hall–Kier alpha value is -3.64. The van der Waals surface area contributed by atoms with Gasteiger partial charge in [0.2, 0.25) is 5.76 Å². The molecule has 0 aliphatic carbocycles. The molecule has 0 radical (unpaired) electrons. The van der Waals surface area contributed by atoms with Gasteiger partial charge in [-0.05, 0) is 36.4 Å². The largest absolute Gasteiger partial charge is 0.463 e. The molecular formula is C20H14F3N3O3. The molecule has 0 saturated carbocycles. The number of hydrogen-bond acceptors (Lipinski definition) is 6. The molecule has 0 aliphatic heterocycles. The first kappa shape index (κ1) is 20.1. The van der Waals surface area contributed by atoms with Gasteiger partial charge in [0.1, 0.15) is 18.1 Å². The summed E-state index contributed by atoms with van der Waals surface area (Å²) in [4.78, 5) is 19.6. The number of benzene rings is 1. The van der Waals surface area contributed by atoms with Crippen molar-refractivity contribution in [2.45, 2.75) is 12.2 Å². The molecule has 29 heavy (non-hydrogen) atoms. The number of furan rings is 1. The maximum Gasteiger partial charge on any atom is 0.416 e. The van der Waals surface area contributed by atoms with Gasteiger partial charge in [-0.1, -0.05) is 11.8 Å². The lowest BCUT2D eigenvalue weighted by Gasteiger charge is -2.09. The van der Waals surface area contributed by atoms with Crippen LogP contribution in [-0.2, 0) is 10.9 Å². The maximum absolute atomic E-state index is 12.6. The van der Waals surface area contributed by atoms with Gasteiger partial charge in [0.15, 0.2) is 0 Å². The van der Waals surface area contributed by atoms with Crippen LogP contribution in [0, 0.1) is 11.8 Å². The average Bonchev–Trinajstić information content (AvgIpc) is 3.21.